The summed E-state index contributed by atoms with van der Waals surface area (Å²) < 4.78 is 0. The summed E-state index contributed by atoms with van der Waals surface area (Å²) in [4.78, 5) is 12.0. The third-order valence-corrected chi connectivity index (χ3v) is 3.37. The van der Waals surface area contributed by atoms with Gasteiger partial charge in [-0.1, -0.05) is 25.8 Å². The Morgan fingerprint density at radius 1 is 1.38 bits per heavy atom. The molecule has 0 aliphatic heterocycles. The predicted octanol–water partition coefficient (Wildman–Crippen LogP) is 3.22. The van der Waals surface area contributed by atoms with Crippen molar-refractivity contribution >= 4 is 5.78 Å². The lowest BCUT2D eigenvalue weighted by molar-refractivity contribution is -0.115. The van der Waals surface area contributed by atoms with Crippen LogP contribution in [0.25, 0.3) is 0 Å². The predicted molar refractivity (Wildman–Crippen MR) is 68.5 cm³/mol. The van der Waals surface area contributed by atoms with Crippen LogP contribution in [0.15, 0.2) is 11.6 Å². The minimum atomic E-state index is 0.308. The zero-order valence-electron chi connectivity index (χ0n) is 10.7. The number of rotatable bonds is 5. The van der Waals surface area contributed by atoms with Crippen LogP contribution in [-0.4, -0.2) is 18.4 Å². The third kappa shape index (κ3) is 4.93. The first-order chi connectivity index (χ1) is 7.74. The Balaban J connectivity index is 2.38. The van der Waals surface area contributed by atoms with Gasteiger partial charge in [0.25, 0.3) is 0 Å². The molecule has 0 amide bonds. The van der Waals surface area contributed by atoms with Crippen LogP contribution in [0.5, 0.6) is 0 Å². The van der Waals surface area contributed by atoms with Gasteiger partial charge in [0.15, 0.2) is 5.78 Å². The Labute approximate surface area is 99.5 Å². The fraction of sp³-hybridized carbons (Fsp3) is 0.786. The number of nitrogens with one attached hydrogen (secondary N) is 1. The maximum Gasteiger partial charge on any atom is 0.172 e. The molecule has 0 spiro atoms. The second-order valence-corrected chi connectivity index (χ2v) is 4.80. The minimum Gasteiger partial charge on any atom is -0.307 e. The second-order valence-electron chi connectivity index (χ2n) is 4.80. The maximum atomic E-state index is 12.0. The van der Waals surface area contributed by atoms with Crippen molar-refractivity contribution in [2.45, 2.75) is 64.8 Å². The summed E-state index contributed by atoms with van der Waals surface area (Å²) in [6.07, 6.45) is 10.3. The molecule has 1 atom stereocenters. The lowest BCUT2D eigenvalue weighted by Crippen LogP contribution is -2.31. The Bertz CT molecular complexity index is 245. The van der Waals surface area contributed by atoms with Gasteiger partial charge in [-0.15, -0.1) is 0 Å². The van der Waals surface area contributed by atoms with Crippen LogP contribution in [0, 0.1) is 0 Å². The highest BCUT2D eigenvalue weighted by atomic mass is 16.1. The Hall–Kier alpha value is -0.630. The van der Waals surface area contributed by atoms with Crippen LogP contribution in [-0.2, 0) is 4.79 Å². The number of allylic oxidation sites excluding steroid dienone is 1. The lowest BCUT2D eigenvalue weighted by Gasteiger charge is -2.13. The highest BCUT2D eigenvalue weighted by Crippen LogP contribution is 2.17. The van der Waals surface area contributed by atoms with Crippen molar-refractivity contribution in [3.63, 3.8) is 0 Å². The number of hydrogen-bond acceptors (Lipinski definition) is 2. The number of hydrogen-bond donors (Lipinski definition) is 1. The molecule has 2 heteroatoms. The fourth-order valence-electron chi connectivity index (χ4n) is 1.97. The van der Waals surface area contributed by atoms with Crippen LogP contribution in [0.4, 0.5) is 0 Å². The molecular weight excluding hydrogens is 198 g/mol. The van der Waals surface area contributed by atoms with E-state index in [1.807, 2.05) is 0 Å². The summed E-state index contributed by atoms with van der Waals surface area (Å²) in [5.41, 5.74) is 1.07. The highest BCUT2D eigenvalue weighted by Gasteiger charge is 2.11. The van der Waals surface area contributed by atoms with Crippen molar-refractivity contribution in [3.8, 4) is 0 Å². The quantitative estimate of drug-likeness (QED) is 0.775. The van der Waals surface area contributed by atoms with Gasteiger partial charge in [0.2, 0.25) is 0 Å². The molecule has 92 valence electrons. The van der Waals surface area contributed by atoms with E-state index in [4.69, 9.17) is 0 Å². The molecule has 1 unspecified atom stereocenters. The molecule has 0 aromatic rings. The molecular formula is C14H25NO. The van der Waals surface area contributed by atoms with E-state index in [2.05, 4.69) is 25.2 Å². The smallest absolute Gasteiger partial charge is 0.172 e. The van der Waals surface area contributed by atoms with Gasteiger partial charge in [0.05, 0.1) is 6.54 Å². The summed E-state index contributed by atoms with van der Waals surface area (Å²) >= 11 is 0. The van der Waals surface area contributed by atoms with Gasteiger partial charge >= 0.3 is 0 Å². The average Bonchev–Trinajstić information content (AvgIpc) is 2.25. The topological polar surface area (TPSA) is 29.1 Å². The standard InChI is InChI=1S/C14H25NO/c1-3-12(2)15-11-14(16)13-9-7-5-4-6-8-10-13/h9,12,15H,3-8,10-11H2,1-2H3. The zero-order chi connectivity index (χ0) is 11.8. The maximum absolute atomic E-state index is 12.0. The molecule has 2 nitrogen and oxygen atoms in total. The zero-order valence-corrected chi connectivity index (χ0v) is 10.7. The molecule has 1 aliphatic rings. The van der Waals surface area contributed by atoms with Gasteiger partial charge in [-0.25, -0.2) is 0 Å². The van der Waals surface area contributed by atoms with Crippen LogP contribution < -0.4 is 5.32 Å². The van der Waals surface area contributed by atoms with E-state index in [1.165, 1.54) is 25.7 Å². The molecule has 0 aromatic heterocycles. The Morgan fingerprint density at radius 3 is 2.88 bits per heavy atom. The highest BCUT2D eigenvalue weighted by molar-refractivity contribution is 5.96. The van der Waals surface area contributed by atoms with Crippen molar-refractivity contribution < 1.29 is 4.79 Å². The van der Waals surface area contributed by atoms with Gasteiger partial charge < -0.3 is 5.32 Å². The van der Waals surface area contributed by atoms with Gasteiger partial charge in [-0.2, -0.15) is 0 Å². The van der Waals surface area contributed by atoms with Crippen LogP contribution in [0.2, 0.25) is 0 Å². The van der Waals surface area contributed by atoms with Crippen molar-refractivity contribution in [1.82, 2.24) is 5.32 Å². The summed E-state index contributed by atoms with van der Waals surface area (Å²) in [7, 11) is 0. The summed E-state index contributed by atoms with van der Waals surface area (Å²) in [6, 6.07) is 0.443. The number of ketones is 1. The van der Waals surface area contributed by atoms with E-state index in [9.17, 15) is 4.79 Å². The van der Waals surface area contributed by atoms with Gasteiger partial charge in [0, 0.05) is 6.04 Å². The normalized spacial score (nSPS) is 19.5. The summed E-state index contributed by atoms with van der Waals surface area (Å²) in [5.74, 6) is 0.308. The van der Waals surface area contributed by atoms with Crippen molar-refractivity contribution in [2.24, 2.45) is 0 Å². The van der Waals surface area contributed by atoms with Crippen LogP contribution in [0.1, 0.15) is 58.8 Å². The largest absolute Gasteiger partial charge is 0.307 e. The van der Waals surface area contributed by atoms with E-state index >= 15 is 0 Å². The lowest BCUT2D eigenvalue weighted by atomic mass is 9.97. The minimum absolute atomic E-state index is 0.308. The third-order valence-electron chi connectivity index (χ3n) is 3.37. The molecule has 0 saturated heterocycles. The number of carbonyl (C=O) groups is 1. The molecule has 0 radical (unpaired) electrons. The number of Topliss-reactive ketones (excluding diaryl/α,β-unsaturated/α-hetero) is 1. The average molecular weight is 223 g/mol. The first kappa shape index (κ1) is 13.4. The Kier molecular flexibility index (Phi) is 6.39. The molecule has 1 aliphatic carbocycles. The van der Waals surface area contributed by atoms with Crippen LogP contribution in [0.3, 0.4) is 0 Å². The Morgan fingerprint density at radius 2 is 2.12 bits per heavy atom. The summed E-state index contributed by atoms with van der Waals surface area (Å²) in [6.45, 7) is 4.78. The van der Waals surface area contributed by atoms with E-state index < -0.39 is 0 Å². The second kappa shape index (κ2) is 7.61. The molecule has 0 heterocycles. The molecule has 1 rings (SSSR count). The molecule has 0 bridgehead atoms. The first-order valence-electron chi connectivity index (χ1n) is 6.69. The number of carbonyl (C=O) groups excluding carboxylic acids is 1. The van der Waals surface area contributed by atoms with E-state index in [0.29, 0.717) is 18.4 Å². The van der Waals surface area contributed by atoms with E-state index in [0.717, 1.165) is 24.8 Å². The van der Waals surface area contributed by atoms with E-state index in [1.54, 1.807) is 0 Å². The monoisotopic (exact) mass is 223 g/mol. The van der Waals surface area contributed by atoms with Crippen LogP contribution >= 0.6 is 0 Å². The van der Waals surface area contributed by atoms with E-state index in [-0.39, 0.29) is 0 Å². The molecule has 0 fully saturated rings. The molecule has 16 heavy (non-hydrogen) atoms. The van der Waals surface area contributed by atoms with Crippen molar-refractivity contribution in [2.75, 3.05) is 6.54 Å². The molecule has 1 N–H and O–H groups in total. The van der Waals surface area contributed by atoms with Gasteiger partial charge in [-0.05, 0) is 44.6 Å². The van der Waals surface area contributed by atoms with Gasteiger partial charge in [-0.3, -0.25) is 4.79 Å². The first-order valence-corrected chi connectivity index (χ1v) is 6.69. The fourth-order valence-corrected chi connectivity index (χ4v) is 1.97. The molecule has 0 saturated carbocycles. The van der Waals surface area contributed by atoms with Gasteiger partial charge in [0.1, 0.15) is 0 Å². The van der Waals surface area contributed by atoms with Crippen molar-refractivity contribution in [3.05, 3.63) is 11.6 Å². The SMILES string of the molecule is CCC(C)NCC(=O)C1=CCCCCCC1. The summed E-state index contributed by atoms with van der Waals surface area (Å²) in [5, 5.41) is 3.28. The van der Waals surface area contributed by atoms with Crippen molar-refractivity contribution in [1.29, 1.82) is 0 Å². The molecule has 0 aromatic carbocycles.